The third-order valence-corrected chi connectivity index (χ3v) is 3.93. The Kier molecular flexibility index (Phi) is 5.12. The van der Waals surface area contributed by atoms with Gasteiger partial charge in [-0.25, -0.2) is 0 Å². The predicted octanol–water partition coefficient (Wildman–Crippen LogP) is 4.96. The van der Waals surface area contributed by atoms with Crippen LogP contribution in [0, 0.1) is 6.92 Å². The maximum absolute atomic E-state index is 12.8. The molecule has 4 heteroatoms. The van der Waals surface area contributed by atoms with Gasteiger partial charge >= 0.3 is 0 Å². The highest BCUT2D eigenvalue weighted by molar-refractivity contribution is 6.15. The zero-order chi connectivity index (χ0) is 18.7. The molecule has 1 aliphatic heterocycles. The van der Waals surface area contributed by atoms with E-state index in [4.69, 9.17) is 14.2 Å². The number of fused-ring (bicyclic) bond motifs is 1. The Balaban J connectivity index is 1.92. The highest BCUT2D eigenvalue weighted by Crippen LogP contribution is 2.38. The number of para-hydroxylation sites is 1. The van der Waals surface area contributed by atoms with E-state index >= 15 is 0 Å². The number of allylic oxidation sites excluding steroid dienone is 1. The highest BCUT2D eigenvalue weighted by atomic mass is 16.5. The molecule has 3 rings (SSSR count). The summed E-state index contributed by atoms with van der Waals surface area (Å²) in [6.07, 6.45) is 1.72. The first-order chi connectivity index (χ1) is 12.5. The van der Waals surface area contributed by atoms with E-state index in [0.717, 1.165) is 22.4 Å². The topological polar surface area (TPSA) is 44.8 Å². The molecule has 0 aromatic heterocycles. The minimum absolute atomic E-state index is 0.129. The Morgan fingerprint density at radius 2 is 2.00 bits per heavy atom. The normalized spacial score (nSPS) is 14.1. The first kappa shape index (κ1) is 17.8. The van der Waals surface area contributed by atoms with E-state index in [9.17, 15) is 4.79 Å². The average molecular weight is 350 g/mol. The van der Waals surface area contributed by atoms with Crippen molar-refractivity contribution >= 4 is 11.9 Å². The maximum Gasteiger partial charge on any atom is 0.232 e. The quantitative estimate of drug-likeness (QED) is 0.545. The minimum atomic E-state index is -0.129. The highest BCUT2D eigenvalue weighted by Gasteiger charge is 2.30. The maximum atomic E-state index is 12.8. The summed E-state index contributed by atoms with van der Waals surface area (Å²) in [5.41, 5.74) is 3.13. The van der Waals surface area contributed by atoms with E-state index < -0.39 is 0 Å². The lowest BCUT2D eigenvalue weighted by Gasteiger charge is -2.09. The zero-order valence-corrected chi connectivity index (χ0v) is 15.3. The number of hydrogen-bond donors (Lipinski definition) is 0. The molecular weight excluding hydrogens is 328 g/mol. The molecule has 0 saturated carbocycles. The van der Waals surface area contributed by atoms with Crippen LogP contribution in [-0.4, -0.2) is 19.0 Å². The van der Waals surface area contributed by atoms with Crippen LogP contribution in [0.25, 0.3) is 6.08 Å². The van der Waals surface area contributed by atoms with Crippen LogP contribution in [0.15, 0.2) is 54.3 Å². The fourth-order valence-electron chi connectivity index (χ4n) is 2.80. The Labute approximate surface area is 153 Å². The number of hydrogen-bond acceptors (Lipinski definition) is 4. The summed E-state index contributed by atoms with van der Waals surface area (Å²) in [6.45, 7) is 10.5. The molecule has 26 heavy (non-hydrogen) atoms. The number of ketones is 1. The number of rotatable bonds is 6. The summed E-state index contributed by atoms with van der Waals surface area (Å²) >= 11 is 0. The van der Waals surface area contributed by atoms with Crippen LogP contribution in [0.1, 0.15) is 35.3 Å². The lowest BCUT2D eigenvalue weighted by atomic mass is 10.0. The molecule has 0 aliphatic carbocycles. The summed E-state index contributed by atoms with van der Waals surface area (Å²) < 4.78 is 17.1. The lowest BCUT2D eigenvalue weighted by Crippen LogP contribution is -2.01. The zero-order valence-electron chi connectivity index (χ0n) is 15.3. The van der Waals surface area contributed by atoms with E-state index in [-0.39, 0.29) is 11.5 Å². The van der Waals surface area contributed by atoms with Gasteiger partial charge in [0.05, 0.1) is 12.2 Å². The van der Waals surface area contributed by atoms with Gasteiger partial charge in [0, 0.05) is 11.6 Å². The van der Waals surface area contributed by atoms with Crippen molar-refractivity contribution < 1.29 is 19.0 Å². The van der Waals surface area contributed by atoms with Gasteiger partial charge in [0.15, 0.2) is 5.76 Å². The molecule has 0 radical (unpaired) electrons. The van der Waals surface area contributed by atoms with Crippen LogP contribution in [0.5, 0.6) is 17.2 Å². The van der Waals surface area contributed by atoms with E-state index in [1.807, 2.05) is 51.1 Å². The van der Waals surface area contributed by atoms with E-state index in [1.54, 1.807) is 12.1 Å². The second-order valence-corrected chi connectivity index (χ2v) is 6.27. The first-order valence-corrected chi connectivity index (χ1v) is 8.57. The van der Waals surface area contributed by atoms with E-state index in [2.05, 4.69) is 6.58 Å². The van der Waals surface area contributed by atoms with Crippen LogP contribution in [0.4, 0.5) is 0 Å². The molecular formula is C22H22O4. The van der Waals surface area contributed by atoms with Crippen molar-refractivity contribution in [2.24, 2.45) is 0 Å². The molecule has 1 heterocycles. The van der Waals surface area contributed by atoms with E-state index in [1.165, 1.54) is 0 Å². The Morgan fingerprint density at radius 1 is 1.23 bits per heavy atom. The average Bonchev–Trinajstić information content (AvgIpc) is 2.91. The standard InChI is InChI=1S/C22H22O4/c1-5-24-18-9-7-6-8-16(18)11-20-22(23)21-15(4)10-17(12-19(21)26-20)25-13-14(2)3/h6-12H,2,5,13H2,1,3-4H3/b20-11-. The number of Topliss-reactive ketones (excluding diaryl/α,β-unsaturated/α-hetero) is 1. The molecule has 4 nitrogen and oxygen atoms in total. The van der Waals surface area contributed by atoms with Crippen molar-refractivity contribution in [3.05, 3.63) is 71.0 Å². The van der Waals surface area contributed by atoms with Crippen LogP contribution in [-0.2, 0) is 0 Å². The van der Waals surface area contributed by atoms with Gasteiger partial charge in [-0.3, -0.25) is 4.79 Å². The van der Waals surface area contributed by atoms with Crippen molar-refractivity contribution in [2.45, 2.75) is 20.8 Å². The van der Waals surface area contributed by atoms with Crippen molar-refractivity contribution in [3.63, 3.8) is 0 Å². The van der Waals surface area contributed by atoms with Gasteiger partial charge in [-0.2, -0.15) is 0 Å². The molecule has 0 fully saturated rings. The molecule has 2 aromatic rings. The molecule has 2 aromatic carbocycles. The third-order valence-electron chi connectivity index (χ3n) is 3.93. The van der Waals surface area contributed by atoms with Crippen molar-refractivity contribution in [1.29, 1.82) is 0 Å². The number of ether oxygens (including phenoxy) is 3. The Morgan fingerprint density at radius 3 is 2.73 bits per heavy atom. The summed E-state index contributed by atoms with van der Waals surface area (Å²) in [7, 11) is 0. The molecule has 0 atom stereocenters. The first-order valence-electron chi connectivity index (χ1n) is 8.57. The molecule has 0 N–H and O–H groups in total. The second kappa shape index (κ2) is 7.48. The molecule has 0 bridgehead atoms. The predicted molar refractivity (Wildman–Crippen MR) is 102 cm³/mol. The second-order valence-electron chi connectivity index (χ2n) is 6.27. The fourth-order valence-corrected chi connectivity index (χ4v) is 2.80. The molecule has 134 valence electrons. The largest absolute Gasteiger partial charge is 0.493 e. The number of carbonyl (C=O) groups is 1. The van der Waals surface area contributed by atoms with Gasteiger partial charge in [0.25, 0.3) is 0 Å². The van der Waals surface area contributed by atoms with Gasteiger partial charge in [0.2, 0.25) is 5.78 Å². The molecule has 0 spiro atoms. The minimum Gasteiger partial charge on any atom is -0.493 e. The van der Waals surface area contributed by atoms with Crippen LogP contribution >= 0.6 is 0 Å². The van der Waals surface area contributed by atoms with Crippen molar-refractivity contribution in [2.75, 3.05) is 13.2 Å². The summed E-state index contributed by atoms with van der Waals surface area (Å²) in [4.78, 5) is 12.8. The smallest absolute Gasteiger partial charge is 0.232 e. The molecule has 0 saturated heterocycles. The van der Waals surface area contributed by atoms with Crippen molar-refractivity contribution in [1.82, 2.24) is 0 Å². The molecule has 1 aliphatic rings. The van der Waals surface area contributed by atoms with Crippen LogP contribution in [0.2, 0.25) is 0 Å². The van der Waals surface area contributed by atoms with Gasteiger partial charge in [-0.15, -0.1) is 0 Å². The van der Waals surface area contributed by atoms with Crippen molar-refractivity contribution in [3.8, 4) is 17.2 Å². The number of benzene rings is 2. The van der Waals surface area contributed by atoms with Gasteiger partial charge in [-0.1, -0.05) is 24.8 Å². The third kappa shape index (κ3) is 3.64. The van der Waals surface area contributed by atoms with E-state index in [0.29, 0.717) is 30.3 Å². The summed E-state index contributed by atoms with van der Waals surface area (Å²) in [5.74, 6) is 2.06. The summed E-state index contributed by atoms with van der Waals surface area (Å²) in [6, 6.07) is 11.2. The molecule has 0 amide bonds. The Bertz CT molecular complexity index is 893. The number of carbonyl (C=O) groups excluding carboxylic acids is 1. The molecule has 0 unspecified atom stereocenters. The van der Waals surface area contributed by atoms with Crippen LogP contribution < -0.4 is 14.2 Å². The Hall–Kier alpha value is -3.01. The van der Waals surface area contributed by atoms with Gasteiger partial charge in [0.1, 0.15) is 23.9 Å². The lowest BCUT2D eigenvalue weighted by molar-refractivity contribution is 0.101. The van der Waals surface area contributed by atoms with Gasteiger partial charge < -0.3 is 14.2 Å². The van der Waals surface area contributed by atoms with Crippen LogP contribution in [0.3, 0.4) is 0 Å². The monoisotopic (exact) mass is 350 g/mol. The fraction of sp³-hybridized carbons (Fsp3) is 0.227. The summed E-state index contributed by atoms with van der Waals surface area (Å²) in [5, 5.41) is 0. The van der Waals surface area contributed by atoms with Gasteiger partial charge in [-0.05, 0) is 50.1 Å². The number of aryl methyl sites for hydroxylation is 1. The SMILES string of the molecule is C=C(C)COc1cc(C)c2c(c1)O/C(=C\c1ccccc1OCC)C2=O.